The van der Waals surface area contributed by atoms with Crippen molar-refractivity contribution in [3.63, 3.8) is 0 Å². The molecule has 1 aromatic carbocycles. The lowest BCUT2D eigenvalue weighted by Gasteiger charge is -2.32. The van der Waals surface area contributed by atoms with Crippen LogP contribution in [0.2, 0.25) is 0 Å². The van der Waals surface area contributed by atoms with Gasteiger partial charge in [0.25, 0.3) is 0 Å². The summed E-state index contributed by atoms with van der Waals surface area (Å²) in [6.07, 6.45) is 1.43. The third kappa shape index (κ3) is 5.51. The zero-order chi connectivity index (χ0) is 21.8. The third-order valence-electron chi connectivity index (χ3n) is 5.78. The molecule has 0 atom stereocenters. The van der Waals surface area contributed by atoms with Crippen LogP contribution in [0.5, 0.6) is 0 Å². The molecule has 0 radical (unpaired) electrons. The second-order valence-electron chi connectivity index (χ2n) is 8.02. The summed E-state index contributed by atoms with van der Waals surface area (Å²) < 4.78 is 38.3. The van der Waals surface area contributed by atoms with Gasteiger partial charge in [0.05, 0.1) is 11.3 Å². The van der Waals surface area contributed by atoms with Crippen LogP contribution in [-0.4, -0.2) is 39.0 Å². The number of H-pyrrole nitrogens is 1. The molecule has 1 saturated heterocycles. The smallest absolute Gasteiger partial charge is 0.342 e. The van der Waals surface area contributed by atoms with Gasteiger partial charge in [0.15, 0.2) is 0 Å². The maximum Gasteiger partial charge on any atom is 0.416 e. The van der Waals surface area contributed by atoms with E-state index in [-0.39, 0.29) is 0 Å². The normalized spacial score (nSPS) is 16.0. The molecule has 3 aromatic rings. The summed E-state index contributed by atoms with van der Waals surface area (Å²) in [7, 11) is 0. The highest BCUT2D eigenvalue weighted by Crippen LogP contribution is 2.30. The number of nitrogens with zero attached hydrogens (tertiary/aromatic N) is 3. The average molecular weight is 429 g/mol. The second-order valence-corrected chi connectivity index (χ2v) is 8.02. The zero-order valence-electron chi connectivity index (χ0n) is 17.4. The molecule has 2 N–H and O–H groups in total. The molecule has 0 aliphatic carbocycles. The number of alkyl halides is 3. The minimum Gasteiger partial charge on any atom is -0.342 e. The molecule has 1 fully saturated rings. The van der Waals surface area contributed by atoms with E-state index >= 15 is 0 Å². The Morgan fingerprint density at radius 1 is 1.06 bits per heavy atom. The van der Waals surface area contributed by atoms with Gasteiger partial charge in [0, 0.05) is 55.9 Å². The number of nitrogens with one attached hydrogen (secondary N) is 2. The number of likely N-dealkylation sites (tertiary alicyclic amines) is 1. The Morgan fingerprint density at radius 3 is 2.39 bits per heavy atom. The van der Waals surface area contributed by atoms with E-state index in [0.717, 1.165) is 62.5 Å². The number of benzene rings is 1. The minimum absolute atomic E-state index is 0.493. The summed E-state index contributed by atoms with van der Waals surface area (Å²) in [5.74, 6) is 0.607. The van der Waals surface area contributed by atoms with Crippen molar-refractivity contribution < 1.29 is 13.2 Å². The SMILES string of the molecule is Cc1[nH]c(-c2ccc(C(F)(F)F)cc2)nc1CN1CCC(NCc2ccncc2)CC1. The Balaban J connectivity index is 1.31. The largest absolute Gasteiger partial charge is 0.416 e. The van der Waals surface area contributed by atoms with Crippen molar-refractivity contribution in [2.45, 2.75) is 45.1 Å². The number of halogens is 3. The van der Waals surface area contributed by atoms with E-state index in [4.69, 9.17) is 0 Å². The van der Waals surface area contributed by atoms with Gasteiger partial charge >= 0.3 is 6.18 Å². The van der Waals surface area contributed by atoms with E-state index in [9.17, 15) is 13.2 Å². The molecule has 0 bridgehead atoms. The fraction of sp³-hybridized carbons (Fsp3) is 0.391. The van der Waals surface area contributed by atoms with Gasteiger partial charge in [-0.05, 0) is 49.6 Å². The van der Waals surface area contributed by atoms with Gasteiger partial charge in [-0.2, -0.15) is 13.2 Å². The Labute approximate surface area is 179 Å². The standard InChI is InChI=1S/C23H26F3N5/c1-16-21(30-22(29-16)18-2-4-19(5-3-18)23(24,25)26)15-31-12-8-20(9-13-31)28-14-17-6-10-27-11-7-17/h2-7,10-11,20,28H,8-9,12-15H2,1H3,(H,29,30). The number of aromatic amines is 1. The fourth-order valence-corrected chi connectivity index (χ4v) is 3.87. The molecule has 5 nitrogen and oxygen atoms in total. The fourth-order valence-electron chi connectivity index (χ4n) is 3.87. The summed E-state index contributed by atoms with van der Waals surface area (Å²) >= 11 is 0. The van der Waals surface area contributed by atoms with Crippen LogP contribution in [0.3, 0.4) is 0 Å². The molecule has 4 rings (SSSR count). The van der Waals surface area contributed by atoms with Gasteiger partial charge in [0.2, 0.25) is 0 Å². The number of hydrogen-bond donors (Lipinski definition) is 2. The van der Waals surface area contributed by atoms with Crippen molar-refractivity contribution in [3.8, 4) is 11.4 Å². The number of aromatic nitrogens is 3. The van der Waals surface area contributed by atoms with E-state index in [1.165, 1.54) is 17.7 Å². The predicted molar refractivity (Wildman–Crippen MR) is 113 cm³/mol. The van der Waals surface area contributed by atoms with Crippen molar-refractivity contribution in [1.29, 1.82) is 0 Å². The van der Waals surface area contributed by atoms with Gasteiger partial charge in [-0.1, -0.05) is 12.1 Å². The molecular weight excluding hydrogens is 403 g/mol. The van der Waals surface area contributed by atoms with Crippen LogP contribution in [0.4, 0.5) is 13.2 Å². The summed E-state index contributed by atoms with van der Waals surface area (Å²) in [6.45, 7) is 5.51. The van der Waals surface area contributed by atoms with Crippen LogP contribution < -0.4 is 5.32 Å². The molecule has 8 heteroatoms. The number of piperidine rings is 1. The van der Waals surface area contributed by atoms with Crippen LogP contribution in [0, 0.1) is 6.92 Å². The molecule has 2 aromatic heterocycles. The highest BCUT2D eigenvalue weighted by Gasteiger charge is 2.30. The van der Waals surface area contributed by atoms with Gasteiger partial charge in [0.1, 0.15) is 5.82 Å². The zero-order valence-corrected chi connectivity index (χ0v) is 17.4. The third-order valence-corrected chi connectivity index (χ3v) is 5.78. The first-order valence-corrected chi connectivity index (χ1v) is 10.5. The van der Waals surface area contributed by atoms with Crippen LogP contribution in [-0.2, 0) is 19.3 Å². The lowest BCUT2D eigenvalue weighted by Crippen LogP contribution is -2.42. The molecule has 31 heavy (non-hydrogen) atoms. The number of pyridine rings is 1. The molecule has 164 valence electrons. The van der Waals surface area contributed by atoms with Gasteiger partial charge in [-0.15, -0.1) is 0 Å². The molecule has 3 heterocycles. The molecule has 0 unspecified atom stereocenters. The quantitative estimate of drug-likeness (QED) is 0.604. The van der Waals surface area contributed by atoms with Gasteiger partial charge in [-0.25, -0.2) is 4.98 Å². The molecule has 1 aliphatic heterocycles. The van der Waals surface area contributed by atoms with E-state index in [0.29, 0.717) is 17.4 Å². The van der Waals surface area contributed by atoms with Crippen molar-refractivity contribution >= 4 is 0 Å². The van der Waals surface area contributed by atoms with Crippen molar-refractivity contribution in [1.82, 2.24) is 25.2 Å². The molecular formula is C23H26F3N5. The lowest BCUT2D eigenvalue weighted by molar-refractivity contribution is -0.137. The highest BCUT2D eigenvalue weighted by molar-refractivity contribution is 5.56. The van der Waals surface area contributed by atoms with Gasteiger partial charge < -0.3 is 10.3 Å². The summed E-state index contributed by atoms with van der Waals surface area (Å²) in [4.78, 5) is 14.3. The number of hydrogen-bond acceptors (Lipinski definition) is 4. The van der Waals surface area contributed by atoms with Crippen molar-refractivity contribution in [2.75, 3.05) is 13.1 Å². The number of aryl methyl sites for hydroxylation is 1. The predicted octanol–water partition coefficient (Wildman–Crippen LogP) is 4.55. The molecule has 0 spiro atoms. The number of imidazole rings is 1. The van der Waals surface area contributed by atoms with E-state index in [1.54, 1.807) is 0 Å². The van der Waals surface area contributed by atoms with E-state index in [2.05, 4.69) is 25.2 Å². The maximum absolute atomic E-state index is 12.8. The first-order valence-electron chi connectivity index (χ1n) is 10.5. The van der Waals surface area contributed by atoms with Crippen LogP contribution >= 0.6 is 0 Å². The second kappa shape index (κ2) is 9.20. The van der Waals surface area contributed by atoms with Gasteiger partial charge in [-0.3, -0.25) is 9.88 Å². The monoisotopic (exact) mass is 429 g/mol. The van der Waals surface area contributed by atoms with Crippen LogP contribution in [0.15, 0.2) is 48.8 Å². The molecule has 0 amide bonds. The van der Waals surface area contributed by atoms with E-state index < -0.39 is 11.7 Å². The highest BCUT2D eigenvalue weighted by atomic mass is 19.4. The Hall–Kier alpha value is -2.71. The maximum atomic E-state index is 12.8. The molecule has 1 aliphatic rings. The Bertz CT molecular complexity index is 975. The Kier molecular flexibility index (Phi) is 6.38. The number of rotatable bonds is 6. The summed E-state index contributed by atoms with van der Waals surface area (Å²) in [5.41, 5.74) is 3.13. The topological polar surface area (TPSA) is 56.8 Å². The van der Waals surface area contributed by atoms with Crippen molar-refractivity contribution in [3.05, 3.63) is 71.3 Å². The minimum atomic E-state index is -4.33. The van der Waals surface area contributed by atoms with Crippen LogP contribution in [0.25, 0.3) is 11.4 Å². The average Bonchev–Trinajstić information content (AvgIpc) is 3.14. The lowest BCUT2D eigenvalue weighted by atomic mass is 10.0. The summed E-state index contributed by atoms with van der Waals surface area (Å²) in [5, 5.41) is 3.62. The van der Waals surface area contributed by atoms with Crippen LogP contribution in [0.1, 0.15) is 35.4 Å². The van der Waals surface area contributed by atoms with Crippen molar-refractivity contribution in [2.24, 2.45) is 0 Å². The first-order chi connectivity index (χ1) is 14.9. The first kappa shape index (κ1) is 21.5. The molecule has 0 saturated carbocycles. The summed E-state index contributed by atoms with van der Waals surface area (Å²) in [6, 6.07) is 9.66. The Morgan fingerprint density at radius 2 is 1.74 bits per heavy atom. The van der Waals surface area contributed by atoms with E-state index in [1.807, 2.05) is 31.5 Å².